The number of rotatable bonds is 4. The molecule has 142 valence electrons. The van der Waals surface area contributed by atoms with Gasteiger partial charge in [-0.2, -0.15) is 0 Å². The third kappa shape index (κ3) is 3.63. The molecule has 3 rings (SSSR count). The molecule has 7 heteroatoms. The van der Waals surface area contributed by atoms with Crippen LogP contribution in [-0.2, 0) is 14.3 Å². The summed E-state index contributed by atoms with van der Waals surface area (Å²) >= 11 is 0. The molecule has 0 atom stereocenters. The Bertz CT molecular complexity index is 832. The summed E-state index contributed by atoms with van der Waals surface area (Å²) in [5.74, 6) is -0.759. The number of carbonyl (C=O) groups excluding carboxylic acids is 2. The number of benzene rings is 1. The highest BCUT2D eigenvalue weighted by Gasteiger charge is 2.40. The Balaban J connectivity index is 2.00. The number of methoxy groups -OCH3 is 1. The number of amides is 1. The van der Waals surface area contributed by atoms with Gasteiger partial charge < -0.3 is 9.64 Å². The number of non-ortho nitro benzene ring substituents is 1. The molecule has 0 radical (unpaired) electrons. The lowest BCUT2D eigenvalue weighted by molar-refractivity contribution is -0.384. The summed E-state index contributed by atoms with van der Waals surface area (Å²) in [6.07, 6.45) is 6.74. The van der Waals surface area contributed by atoms with Crippen molar-refractivity contribution in [1.82, 2.24) is 4.90 Å². The monoisotopic (exact) mass is 370 g/mol. The first kappa shape index (κ1) is 18.8. The molecule has 0 spiro atoms. The molecule has 1 heterocycles. The van der Waals surface area contributed by atoms with Crippen LogP contribution in [0.4, 0.5) is 5.69 Å². The normalized spacial score (nSPS) is 19.7. The van der Waals surface area contributed by atoms with Gasteiger partial charge in [0.05, 0.1) is 23.2 Å². The van der Waals surface area contributed by atoms with Crippen LogP contribution in [0.2, 0.25) is 0 Å². The van der Waals surface area contributed by atoms with E-state index in [1.54, 1.807) is 30.0 Å². The van der Waals surface area contributed by atoms with Crippen LogP contribution in [0.25, 0.3) is 6.08 Å². The van der Waals surface area contributed by atoms with Gasteiger partial charge in [0.25, 0.3) is 11.6 Å². The zero-order chi connectivity index (χ0) is 19.6. The van der Waals surface area contributed by atoms with Crippen molar-refractivity contribution in [1.29, 1.82) is 0 Å². The van der Waals surface area contributed by atoms with Crippen molar-refractivity contribution in [2.24, 2.45) is 0 Å². The number of hydrogen-bond donors (Lipinski definition) is 0. The third-order valence-electron chi connectivity index (χ3n) is 5.19. The molecule has 0 N–H and O–H groups in total. The first-order valence-electron chi connectivity index (χ1n) is 9.03. The first-order chi connectivity index (χ1) is 12.9. The Morgan fingerprint density at radius 1 is 1.22 bits per heavy atom. The van der Waals surface area contributed by atoms with E-state index < -0.39 is 10.9 Å². The Kier molecular flexibility index (Phi) is 5.39. The largest absolute Gasteiger partial charge is 0.465 e. The van der Waals surface area contributed by atoms with E-state index >= 15 is 0 Å². The van der Waals surface area contributed by atoms with Gasteiger partial charge in [0.2, 0.25) is 0 Å². The van der Waals surface area contributed by atoms with E-state index in [9.17, 15) is 19.7 Å². The first-order valence-corrected chi connectivity index (χ1v) is 9.03. The summed E-state index contributed by atoms with van der Waals surface area (Å²) in [5.41, 5.74) is 1.75. The van der Waals surface area contributed by atoms with Crippen molar-refractivity contribution in [2.45, 2.75) is 45.1 Å². The molecule has 27 heavy (non-hydrogen) atoms. The van der Waals surface area contributed by atoms with Gasteiger partial charge in [0, 0.05) is 23.9 Å². The zero-order valence-corrected chi connectivity index (χ0v) is 15.4. The highest BCUT2D eigenvalue weighted by Crippen LogP contribution is 2.36. The molecule has 0 saturated heterocycles. The van der Waals surface area contributed by atoms with E-state index in [4.69, 9.17) is 4.74 Å². The number of nitrogens with zero attached hydrogens (tertiary/aromatic N) is 2. The van der Waals surface area contributed by atoms with Gasteiger partial charge in [0.15, 0.2) is 0 Å². The van der Waals surface area contributed by atoms with Crippen molar-refractivity contribution in [3.63, 3.8) is 0 Å². The van der Waals surface area contributed by atoms with Gasteiger partial charge in [-0.1, -0.05) is 19.3 Å². The number of nitro groups is 1. The van der Waals surface area contributed by atoms with Crippen molar-refractivity contribution in [3.8, 4) is 0 Å². The summed E-state index contributed by atoms with van der Waals surface area (Å²) in [4.78, 5) is 37.5. The average molecular weight is 370 g/mol. The van der Waals surface area contributed by atoms with Gasteiger partial charge in [0.1, 0.15) is 0 Å². The van der Waals surface area contributed by atoms with Crippen LogP contribution in [0.15, 0.2) is 41.1 Å². The molecular weight excluding hydrogens is 348 g/mol. The number of allylic oxidation sites excluding steroid dienone is 1. The maximum absolute atomic E-state index is 13.1. The minimum Gasteiger partial charge on any atom is -0.465 e. The average Bonchev–Trinajstić information content (AvgIpc) is 2.92. The Morgan fingerprint density at radius 3 is 2.41 bits per heavy atom. The molecule has 7 nitrogen and oxygen atoms in total. The number of esters is 1. The SMILES string of the molecule is COC(=O)C1=C(C)N(C2CCCCC2)C(=O)C1=Cc1ccc([N+](=O)[O-])cc1. The Labute approximate surface area is 157 Å². The molecule has 0 unspecified atom stereocenters. The molecule has 1 aromatic rings. The summed E-state index contributed by atoms with van der Waals surface area (Å²) in [5, 5.41) is 10.8. The molecule has 1 fully saturated rings. The maximum atomic E-state index is 13.1. The molecule has 1 aromatic carbocycles. The van der Waals surface area contributed by atoms with E-state index in [1.807, 2.05) is 0 Å². The van der Waals surface area contributed by atoms with Crippen molar-refractivity contribution in [2.75, 3.05) is 7.11 Å². The van der Waals surface area contributed by atoms with Crippen LogP contribution in [0.3, 0.4) is 0 Å². The number of nitro benzene ring substituents is 1. The lowest BCUT2D eigenvalue weighted by atomic mass is 9.94. The highest BCUT2D eigenvalue weighted by atomic mass is 16.6. The molecule has 1 amide bonds. The van der Waals surface area contributed by atoms with Crippen LogP contribution in [0.5, 0.6) is 0 Å². The van der Waals surface area contributed by atoms with E-state index in [0.29, 0.717) is 11.3 Å². The maximum Gasteiger partial charge on any atom is 0.340 e. The van der Waals surface area contributed by atoms with Crippen LogP contribution in [0.1, 0.15) is 44.6 Å². The van der Waals surface area contributed by atoms with E-state index in [2.05, 4.69) is 0 Å². The number of ether oxygens (including phenoxy) is 1. The standard InChI is InChI=1S/C20H22N2O5/c1-13-18(20(24)27-2)17(12-14-8-10-16(11-9-14)22(25)26)19(23)21(13)15-6-4-3-5-7-15/h8-12,15H,3-7H2,1-2H3. The summed E-state index contributed by atoms with van der Waals surface area (Å²) in [6.45, 7) is 1.77. The summed E-state index contributed by atoms with van der Waals surface area (Å²) < 4.78 is 4.90. The number of hydrogen-bond acceptors (Lipinski definition) is 5. The van der Waals surface area contributed by atoms with Crippen LogP contribution < -0.4 is 0 Å². The highest BCUT2D eigenvalue weighted by molar-refractivity contribution is 6.16. The van der Waals surface area contributed by atoms with Crippen LogP contribution >= 0.6 is 0 Å². The van der Waals surface area contributed by atoms with Crippen molar-refractivity contribution in [3.05, 3.63) is 56.8 Å². The lowest BCUT2D eigenvalue weighted by Crippen LogP contribution is -2.37. The predicted molar refractivity (Wildman–Crippen MR) is 99.5 cm³/mol. The van der Waals surface area contributed by atoms with E-state index in [1.165, 1.54) is 19.2 Å². The van der Waals surface area contributed by atoms with Gasteiger partial charge in [-0.25, -0.2) is 4.79 Å². The van der Waals surface area contributed by atoms with Crippen LogP contribution in [-0.4, -0.2) is 34.9 Å². The van der Waals surface area contributed by atoms with Crippen molar-refractivity contribution < 1.29 is 19.2 Å². The Hall–Kier alpha value is -2.96. The molecule has 1 saturated carbocycles. The fourth-order valence-electron chi connectivity index (χ4n) is 3.84. The topological polar surface area (TPSA) is 89.8 Å². The molecule has 0 bridgehead atoms. The molecule has 2 aliphatic rings. The zero-order valence-electron chi connectivity index (χ0n) is 15.4. The van der Waals surface area contributed by atoms with Gasteiger partial charge in [-0.15, -0.1) is 0 Å². The fraction of sp³-hybridized carbons (Fsp3) is 0.400. The quantitative estimate of drug-likeness (QED) is 0.350. The second-order valence-corrected chi connectivity index (χ2v) is 6.83. The van der Waals surface area contributed by atoms with Gasteiger partial charge >= 0.3 is 5.97 Å². The predicted octanol–water partition coefficient (Wildman–Crippen LogP) is 3.60. The van der Waals surface area contributed by atoms with Gasteiger partial charge in [-0.05, 0) is 43.5 Å². The van der Waals surface area contributed by atoms with E-state index in [0.717, 1.165) is 32.1 Å². The molecule has 1 aliphatic carbocycles. The minimum atomic E-state index is -0.549. The Morgan fingerprint density at radius 2 is 1.85 bits per heavy atom. The molecule has 1 aliphatic heterocycles. The van der Waals surface area contributed by atoms with Gasteiger partial charge in [-0.3, -0.25) is 14.9 Å². The lowest BCUT2D eigenvalue weighted by Gasteiger charge is -2.32. The van der Waals surface area contributed by atoms with Crippen molar-refractivity contribution >= 4 is 23.6 Å². The molecule has 0 aromatic heterocycles. The molecular formula is C20H22N2O5. The van der Waals surface area contributed by atoms with E-state index in [-0.39, 0.29) is 28.8 Å². The number of carbonyl (C=O) groups is 2. The smallest absolute Gasteiger partial charge is 0.340 e. The second-order valence-electron chi connectivity index (χ2n) is 6.83. The third-order valence-corrected chi connectivity index (χ3v) is 5.19. The second kappa shape index (κ2) is 7.73. The van der Waals surface area contributed by atoms with Crippen LogP contribution in [0, 0.1) is 10.1 Å². The summed E-state index contributed by atoms with van der Waals surface area (Å²) in [6, 6.07) is 5.96. The minimum absolute atomic E-state index is 0.0290. The fourth-order valence-corrected chi connectivity index (χ4v) is 3.84. The summed E-state index contributed by atoms with van der Waals surface area (Å²) in [7, 11) is 1.29.